The lowest BCUT2D eigenvalue weighted by Gasteiger charge is -2.40. The van der Waals surface area contributed by atoms with Crippen molar-refractivity contribution in [3.63, 3.8) is 0 Å². The van der Waals surface area contributed by atoms with Crippen LogP contribution in [0.25, 0.3) is 0 Å². The van der Waals surface area contributed by atoms with Crippen molar-refractivity contribution in [2.75, 3.05) is 13.1 Å². The van der Waals surface area contributed by atoms with E-state index in [0.29, 0.717) is 24.3 Å². The van der Waals surface area contributed by atoms with Gasteiger partial charge in [-0.2, -0.15) is 0 Å². The molecule has 2 N–H and O–H groups in total. The van der Waals surface area contributed by atoms with E-state index < -0.39 is 0 Å². The smallest absolute Gasteiger partial charge is 0.223 e. The molecule has 3 heteroatoms. The summed E-state index contributed by atoms with van der Waals surface area (Å²) in [4.78, 5) is 14.4. The number of likely N-dealkylation sites (tertiary alicyclic amines) is 1. The van der Waals surface area contributed by atoms with Crippen molar-refractivity contribution >= 4 is 5.91 Å². The molecule has 0 unspecified atom stereocenters. The molecule has 1 heterocycles. The van der Waals surface area contributed by atoms with Gasteiger partial charge in [0.25, 0.3) is 0 Å². The van der Waals surface area contributed by atoms with E-state index in [1.54, 1.807) is 0 Å². The number of nitrogens with zero attached hydrogens (tertiary/aromatic N) is 1. The summed E-state index contributed by atoms with van der Waals surface area (Å²) < 4.78 is 0. The number of nitrogens with two attached hydrogens (primary N) is 1. The number of piperidine rings is 1. The van der Waals surface area contributed by atoms with E-state index in [4.69, 9.17) is 5.73 Å². The van der Waals surface area contributed by atoms with E-state index in [2.05, 4.69) is 11.8 Å². The zero-order chi connectivity index (χ0) is 12.3. The maximum Gasteiger partial charge on any atom is 0.223 e. The minimum atomic E-state index is 0.289. The average molecular weight is 238 g/mol. The van der Waals surface area contributed by atoms with Crippen LogP contribution in [0.5, 0.6) is 0 Å². The molecule has 0 spiro atoms. The summed E-state index contributed by atoms with van der Waals surface area (Å²) in [5, 5.41) is 0. The van der Waals surface area contributed by atoms with E-state index in [0.717, 1.165) is 19.4 Å². The lowest BCUT2D eigenvalue weighted by Crippen LogP contribution is -2.51. The van der Waals surface area contributed by atoms with Gasteiger partial charge in [-0.25, -0.2) is 0 Å². The highest BCUT2D eigenvalue weighted by atomic mass is 16.2. The lowest BCUT2D eigenvalue weighted by molar-refractivity contribution is -0.137. The average Bonchev–Trinajstić information content (AvgIpc) is 2.81. The summed E-state index contributed by atoms with van der Waals surface area (Å²) in [7, 11) is 0. The summed E-state index contributed by atoms with van der Waals surface area (Å²) in [5.41, 5.74) is 5.84. The fourth-order valence-electron chi connectivity index (χ4n) is 3.50. The molecule has 0 aromatic carbocycles. The third-order valence-electron chi connectivity index (χ3n) is 4.62. The van der Waals surface area contributed by atoms with Crippen LogP contribution in [-0.2, 0) is 4.79 Å². The Labute approximate surface area is 105 Å². The van der Waals surface area contributed by atoms with Crippen molar-refractivity contribution < 1.29 is 4.79 Å². The highest BCUT2D eigenvalue weighted by molar-refractivity contribution is 5.77. The van der Waals surface area contributed by atoms with Gasteiger partial charge in [-0.1, -0.05) is 19.8 Å². The van der Waals surface area contributed by atoms with Crippen molar-refractivity contribution in [1.29, 1.82) is 0 Å². The van der Waals surface area contributed by atoms with Gasteiger partial charge in [-0.3, -0.25) is 4.79 Å². The van der Waals surface area contributed by atoms with E-state index in [9.17, 15) is 4.79 Å². The number of carbonyl (C=O) groups excluding carboxylic acids is 1. The van der Waals surface area contributed by atoms with Gasteiger partial charge in [-0.05, 0) is 37.5 Å². The molecule has 0 bridgehead atoms. The molecular formula is C14H26N2O. The molecule has 1 aliphatic carbocycles. The third kappa shape index (κ3) is 3.01. The maximum absolute atomic E-state index is 12.3. The largest absolute Gasteiger partial charge is 0.338 e. The van der Waals surface area contributed by atoms with Crippen molar-refractivity contribution in [3.8, 4) is 0 Å². The summed E-state index contributed by atoms with van der Waals surface area (Å²) in [6, 6.07) is 0.289. The van der Waals surface area contributed by atoms with Crippen LogP contribution in [-0.4, -0.2) is 29.9 Å². The fourth-order valence-corrected chi connectivity index (χ4v) is 3.50. The molecule has 1 saturated carbocycles. The van der Waals surface area contributed by atoms with Crippen LogP contribution >= 0.6 is 0 Å². The molecule has 1 amide bonds. The van der Waals surface area contributed by atoms with Gasteiger partial charge in [0.2, 0.25) is 5.91 Å². The molecule has 2 atom stereocenters. The standard InChI is InChI=1S/C14H26N2O/c1-11-5-4-8-16(13(11)10-15)14(17)9-12-6-2-3-7-12/h11-13H,2-10,15H2,1H3/t11-,13-/m1/s1. The molecule has 0 radical (unpaired) electrons. The van der Waals surface area contributed by atoms with Crippen LogP contribution in [0.1, 0.15) is 51.9 Å². The number of rotatable bonds is 3. The zero-order valence-electron chi connectivity index (χ0n) is 11.0. The van der Waals surface area contributed by atoms with Gasteiger partial charge in [0.05, 0.1) is 0 Å². The van der Waals surface area contributed by atoms with Crippen LogP contribution in [0.2, 0.25) is 0 Å². The van der Waals surface area contributed by atoms with Crippen LogP contribution in [0, 0.1) is 11.8 Å². The van der Waals surface area contributed by atoms with Crippen LogP contribution < -0.4 is 5.73 Å². The molecule has 3 nitrogen and oxygen atoms in total. The minimum absolute atomic E-state index is 0.289. The van der Waals surface area contributed by atoms with E-state index >= 15 is 0 Å². The summed E-state index contributed by atoms with van der Waals surface area (Å²) >= 11 is 0. The maximum atomic E-state index is 12.3. The van der Waals surface area contributed by atoms with Gasteiger partial charge in [0, 0.05) is 25.6 Å². The van der Waals surface area contributed by atoms with Gasteiger partial charge in [0.1, 0.15) is 0 Å². The number of hydrogen-bond donors (Lipinski definition) is 1. The van der Waals surface area contributed by atoms with Gasteiger partial charge in [-0.15, -0.1) is 0 Å². The Kier molecular flexibility index (Phi) is 4.43. The number of hydrogen-bond acceptors (Lipinski definition) is 2. The van der Waals surface area contributed by atoms with E-state index in [1.165, 1.54) is 32.1 Å². The third-order valence-corrected chi connectivity index (χ3v) is 4.62. The summed E-state index contributed by atoms with van der Waals surface area (Å²) in [6.07, 6.45) is 8.26. The zero-order valence-corrected chi connectivity index (χ0v) is 11.0. The Bertz CT molecular complexity index is 261. The highest BCUT2D eigenvalue weighted by Gasteiger charge is 2.31. The first-order chi connectivity index (χ1) is 8.22. The van der Waals surface area contributed by atoms with Gasteiger partial charge in [0.15, 0.2) is 0 Å². The van der Waals surface area contributed by atoms with Gasteiger partial charge < -0.3 is 10.6 Å². The Morgan fingerprint density at radius 3 is 2.59 bits per heavy atom. The minimum Gasteiger partial charge on any atom is -0.338 e. The van der Waals surface area contributed by atoms with Crippen molar-refractivity contribution in [3.05, 3.63) is 0 Å². The highest BCUT2D eigenvalue weighted by Crippen LogP contribution is 2.30. The normalized spacial score (nSPS) is 30.8. The molecule has 0 aromatic heterocycles. The van der Waals surface area contributed by atoms with Crippen LogP contribution in [0.3, 0.4) is 0 Å². The molecule has 17 heavy (non-hydrogen) atoms. The van der Waals surface area contributed by atoms with Gasteiger partial charge >= 0.3 is 0 Å². The van der Waals surface area contributed by atoms with Crippen molar-refractivity contribution in [1.82, 2.24) is 4.90 Å². The molecule has 2 fully saturated rings. The fraction of sp³-hybridized carbons (Fsp3) is 0.929. The Hall–Kier alpha value is -0.570. The Balaban J connectivity index is 1.91. The first-order valence-electron chi connectivity index (χ1n) is 7.22. The van der Waals surface area contributed by atoms with E-state index in [-0.39, 0.29) is 6.04 Å². The second-order valence-electron chi connectivity index (χ2n) is 5.86. The molecule has 0 aromatic rings. The topological polar surface area (TPSA) is 46.3 Å². The number of amides is 1. The second-order valence-corrected chi connectivity index (χ2v) is 5.86. The lowest BCUT2D eigenvalue weighted by atomic mass is 9.90. The summed E-state index contributed by atoms with van der Waals surface area (Å²) in [5.74, 6) is 1.58. The summed E-state index contributed by atoms with van der Waals surface area (Å²) in [6.45, 7) is 3.78. The second kappa shape index (κ2) is 5.85. The van der Waals surface area contributed by atoms with E-state index in [1.807, 2.05) is 0 Å². The first kappa shape index (κ1) is 12.9. The molecule has 2 rings (SSSR count). The molecule has 2 aliphatic rings. The SMILES string of the molecule is C[C@@H]1CCCN(C(=O)CC2CCCC2)[C@@H]1CN. The molecule has 98 valence electrons. The van der Waals surface area contributed by atoms with Crippen molar-refractivity contribution in [2.24, 2.45) is 17.6 Å². The van der Waals surface area contributed by atoms with Crippen LogP contribution in [0.4, 0.5) is 0 Å². The predicted molar refractivity (Wildman–Crippen MR) is 69.5 cm³/mol. The quantitative estimate of drug-likeness (QED) is 0.819. The molecular weight excluding hydrogens is 212 g/mol. The van der Waals surface area contributed by atoms with Crippen molar-refractivity contribution in [2.45, 2.75) is 57.9 Å². The monoisotopic (exact) mass is 238 g/mol. The van der Waals surface area contributed by atoms with Crippen LogP contribution in [0.15, 0.2) is 0 Å². The number of carbonyl (C=O) groups is 1. The molecule has 1 saturated heterocycles. The predicted octanol–water partition coefficient (Wildman–Crippen LogP) is 2.15. The Morgan fingerprint density at radius 1 is 1.24 bits per heavy atom. The molecule has 1 aliphatic heterocycles. The Morgan fingerprint density at radius 2 is 1.94 bits per heavy atom. The first-order valence-corrected chi connectivity index (χ1v) is 7.22.